The molecule has 0 saturated carbocycles. The highest BCUT2D eigenvalue weighted by molar-refractivity contribution is 6.24. The van der Waals surface area contributed by atoms with Crippen molar-refractivity contribution in [3.05, 3.63) is 28.6 Å². The maximum atomic E-state index is 14.9. The number of rotatable bonds is 2. The molecule has 28 heavy (non-hydrogen) atoms. The maximum Gasteiger partial charge on any atom is 0.262 e. The zero-order valence-corrected chi connectivity index (χ0v) is 15.7. The third-order valence-corrected chi connectivity index (χ3v) is 5.72. The fourth-order valence-electron chi connectivity index (χ4n) is 4.18. The number of piperidine rings is 1. The second-order valence-electron chi connectivity index (χ2n) is 7.49. The molecule has 1 unspecified atom stereocenters. The summed E-state index contributed by atoms with van der Waals surface area (Å²) in [5.41, 5.74) is 0.860. The first-order valence-electron chi connectivity index (χ1n) is 9.27. The van der Waals surface area contributed by atoms with Gasteiger partial charge in [-0.2, -0.15) is 0 Å². The largest absolute Gasteiger partial charge is 0.366 e. The minimum absolute atomic E-state index is 0.0254. The number of nitrogens with one attached hydrogen (secondary N) is 1. The third-order valence-electron chi connectivity index (χ3n) is 5.72. The fraction of sp³-hybridized carbons (Fsp3) is 0.474. The number of hydrogen-bond donors (Lipinski definition) is 1. The number of nitrogens with zero attached hydrogens (tertiary/aromatic N) is 3. The van der Waals surface area contributed by atoms with Gasteiger partial charge < -0.3 is 9.80 Å². The Kier molecular flexibility index (Phi) is 4.41. The number of imide groups is 2. The molecule has 3 aliphatic heterocycles. The Morgan fingerprint density at radius 2 is 1.75 bits per heavy atom. The number of benzene rings is 1. The second-order valence-corrected chi connectivity index (χ2v) is 7.49. The highest BCUT2D eigenvalue weighted by Gasteiger charge is 2.46. The van der Waals surface area contributed by atoms with Crippen molar-refractivity contribution in [1.82, 2.24) is 15.1 Å². The predicted molar refractivity (Wildman–Crippen MR) is 97.5 cm³/mol. The minimum Gasteiger partial charge on any atom is -0.366 e. The molecule has 9 heteroatoms. The molecule has 8 nitrogen and oxygen atoms in total. The molecule has 4 amide bonds. The zero-order valence-electron chi connectivity index (χ0n) is 15.7. The lowest BCUT2D eigenvalue weighted by Crippen LogP contribution is -2.54. The molecule has 0 bridgehead atoms. The summed E-state index contributed by atoms with van der Waals surface area (Å²) in [5, 5.41) is 2.16. The molecule has 0 aliphatic carbocycles. The molecule has 3 aliphatic rings. The van der Waals surface area contributed by atoms with Crippen molar-refractivity contribution >= 4 is 29.3 Å². The quantitative estimate of drug-likeness (QED) is 0.733. The van der Waals surface area contributed by atoms with Crippen LogP contribution in [-0.4, -0.2) is 72.7 Å². The molecule has 1 aromatic carbocycles. The van der Waals surface area contributed by atoms with Crippen LogP contribution in [0.25, 0.3) is 0 Å². The number of amides is 4. The number of carbonyl (C=O) groups excluding carboxylic acids is 4. The van der Waals surface area contributed by atoms with Gasteiger partial charge in [-0.15, -0.1) is 0 Å². The minimum atomic E-state index is -1.06. The Morgan fingerprint density at radius 1 is 1.07 bits per heavy atom. The van der Waals surface area contributed by atoms with Gasteiger partial charge in [0.15, 0.2) is 0 Å². The molecule has 2 fully saturated rings. The molecule has 1 atom stereocenters. The second kappa shape index (κ2) is 6.66. The van der Waals surface area contributed by atoms with Crippen molar-refractivity contribution in [2.75, 3.05) is 38.1 Å². The van der Waals surface area contributed by atoms with Crippen LogP contribution >= 0.6 is 0 Å². The number of fused-ring (bicyclic) bond motifs is 1. The average Bonchev–Trinajstić information content (AvgIpc) is 2.88. The van der Waals surface area contributed by atoms with E-state index in [-0.39, 0.29) is 24.0 Å². The van der Waals surface area contributed by atoms with Crippen LogP contribution in [0.1, 0.15) is 39.1 Å². The number of carbonyl (C=O) groups is 4. The molecular formula is C19H21FN4O4. The van der Waals surface area contributed by atoms with Crippen LogP contribution in [-0.2, 0) is 9.59 Å². The van der Waals surface area contributed by atoms with E-state index < -0.39 is 35.5 Å². The number of piperazine rings is 1. The lowest BCUT2D eigenvalue weighted by molar-refractivity contribution is -0.136. The molecule has 1 N–H and O–H groups in total. The van der Waals surface area contributed by atoms with E-state index in [1.165, 1.54) is 0 Å². The first-order chi connectivity index (χ1) is 13.3. The molecular weight excluding hydrogens is 367 g/mol. The fourth-order valence-corrected chi connectivity index (χ4v) is 4.18. The normalized spacial score (nSPS) is 23.3. The smallest absolute Gasteiger partial charge is 0.262 e. The molecule has 0 spiro atoms. The lowest BCUT2D eigenvalue weighted by atomic mass is 10.00. The Bertz CT molecular complexity index is 908. The van der Waals surface area contributed by atoms with Gasteiger partial charge in [0.25, 0.3) is 11.8 Å². The van der Waals surface area contributed by atoms with Crippen LogP contribution in [0.3, 0.4) is 0 Å². The van der Waals surface area contributed by atoms with Crippen LogP contribution in [0.2, 0.25) is 0 Å². The number of halogens is 1. The van der Waals surface area contributed by atoms with E-state index in [2.05, 4.69) is 10.2 Å². The van der Waals surface area contributed by atoms with Crippen molar-refractivity contribution in [2.24, 2.45) is 0 Å². The Hall–Kier alpha value is -2.81. The number of likely N-dealkylation sites (N-methyl/N-ethyl adjacent to an activating group) is 1. The van der Waals surface area contributed by atoms with Crippen molar-refractivity contribution in [2.45, 2.75) is 25.8 Å². The van der Waals surface area contributed by atoms with Gasteiger partial charge in [0.05, 0.1) is 16.8 Å². The van der Waals surface area contributed by atoms with Crippen LogP contribution in [0.15, 0.2) is 6.07 Å². The summed E-state index contributed by atoms with van der Waals surface area (Å²) in [6.45, 7) is 4.41. The van der Waals surface area contributed by atoms with Crippen molar-refractivity contribution in [3.8, 4) is 0 Å². The first-order valence-corrected chi connectivity index (χ1v) is 9.27. The maximum absolute atomic E-state index is 14.9. The summed E-state index contributed by atoms with van der Waals surface area (Å²) in [7, 11) is 1.99. The van der Waals surface area contributed by atoms with Gasteiger partial charge in [-0.25, -0.2) is 4.39 Å². The highest BCUT2D eigenvalue weighted by atomic mass is 19.1. The third kappa shape index (κ3) is 2.77. The van der Waals surface area contributed by atoms with Gasteiger partial charge in [0, 0.05) is 32.6 Å². The van der Waals surface area contributed by atoms with Gasteiger partial charge in [0.2, 0.25) is 11.8 Å². The topological polar surface area (TPSA) is 90.0 Å². The molecule has 0 radical (unpaired) electrons. The predicted octanol–water partition coefficient (Wildman–Crippen LogP) is 0.287. The Morgan fingerprint density at radius 3 is 2.39 bits per heavy atom. The summed E-state index contributed by atoms with van der Waals surface area (Å²) in [6, 6.07) is 0.0434. The SMILES string of the molecule is Cc1c2c(cc(F)c1N1CCN(C)CC1)C(=O)N(C1CCC(=O)NC1=O)C2=O. The van der Waals surface area contributed by atoms with E-state index in [0.717, 1.165) is 24.1 Å². The summed E-state index contributed by atoms with van der Waals surface area (Å²) in [5.74, 6) is -2.96. The average molecular weight is 388 g/mol. The van der Waals surface area contributed by atoms with E-state index in [9.17, 15) is 23.6 Å². The molecule has 148 valence electrons. The van der Waals surface area contributed by atoms with Gasteiger partial charge in [-0.3, -0.25) is 29.4 Å². The van der Waals surface area contributed by atoms with Crippen LogP contribution in [0, 0.1) is 12.7 Å². The van der Waals surface area contributed by atoms with E-state index in [1.807, 2.05) is 11.9 Å². The van der Waals surface area contributed by atoms with Gasteiger partial charge in [-0.1, -0.05) is 0 Å². The number of anilines is 1. The molecule has 0 aromatic heterocycles. The standard InChI is InChI=1S/C19H21FN4O4/c1-10-15-11(9-12(20)16(10)23-7-5-22(2)6-8-23)18(27)24(19(15)28)13-3-4-14(25)21-17(13)26/h9,13H,3-8H2,1-2H3,(H,21,25,26). The number of hydrogen-bond acceptors (Lipinski definition) is 6. The van der Waals surface area contributed by atoms with E-state index in [0.29, 0.717) is 24.3 Å². The van der Waals surface area contributed by atoms with Crippen LogP contribution in [0.4, 0.5) is 10.1 Å². The van der Waals surface area contributed by atoms with E-state index in [4.69, 9.17) is 0 Å². The lowest BCUT2D eigenvalue weighted by Gasteiger charge is -2.35. The molecule has 3 heterocycles. The van der Waals surface area contributed by atoms with E-state index in [1.54, 1.807) is 6.92 Å². The molecule has 1 aromatic rings. The summed E-state index contributed by atoms with van der Waals surface area (Å²) in [6.07, 6.45) is 0.118. The van der Waals surface area contributed by atoms with Crippen molar-refractivity contribution < 1.29 is 23.6 Å². The van der Waals surface area contributed by atoms with Gasteiger partial charge in [-0.05, 0) is 32.0 Å². The Balaban J connectivity index is 1.71. The molecule has 2 saturated heterocycles. The summed E-state index contributed by atoms with van der Waals surface area (Å²) < 4.78 is 14.9. The van der Waals surface area contributed by atoms with Crippen molar-refractivity contribution in [1.29, 1.82) is 0 Å². The Labute approximate surface area is 161 Å². The first kappa shape index (κ1) is 18.5. The van der Waals surface area contributed by atoms with E-state index >= 15 is 0 Å². The summed E-state index contributed by atoms with van der Waals surface area (Å²) in [4.78, 5) is 54.3. The van der Waals surface area contributed by atoms with Crippen LogP contribution in [0.5, 0.6) is 0 Å². The van der Waals surface area contributed by atoms with Crippen LogP contribution < -0.4 is 10.2 Å². The van der Waals surface area contributed by atoms with Gasteiger partial charge >= 0.3 is 0 Å². The monoisotopic (exact) mass is 388 g/mol. The van der Waals surface area contributed by atoms with Crippen molar-refractivity contribution in [3.63, 3.8) is 0 Å². The molecule has 4 rings (SSSR count). The highest BCUT2D eigenvalue weighted by Crippen LogP contribution is 2.36. The zero-order chi connectivity index (χ0) is 20.2. The van der Waals surface area contributed by atoms with Gasteiger partial charge in [0.1, 0.15) is 11.9 Å². The summed E-state index contributed by atoms with van der Waals surface area (Å²) >= 11 is 0.